The molecule has 0 fully saturated rings. The quantitative estimate of drug-likeness (QED) is 0.664. The van der Waals surface area contributed by atoms with E-state index < -0.39 is 5.97 Å². The lowest BCUT2D eigenvalue weighted by atomic mass is 10.1. The summed E-state index contributed by atoms with van der Waals surface area (Å²) in [5.74, 6) is -0.700. The lowest BCUT2D eigenvalue weighted by molar-refractivity contribution is 0.0517. The predicted molar refractivity (Wildman–Crippen MR) is 74.7 cm³/mol. The Morgan fingerprint density at radius 1 is 1.37 bits per heavy atom. The third-order valence-electron chi connectivity index (χ3n) is 2.23. The Morgan fingerprint density at radius 2 is 2.00 bits per heavy atom. The number of nitrogens with zero attached hydrogens (tertiary/aromatic N) is 1. The molecule has 0 aliphatic heterocycles. The first-order chi connectivity index (χ1) is 8.74. The molecule has 5 nitrogen and oxygen atoms in total. The third-order valence-corrected chi connectivity index (χ3v) is 3.39. The zero-order valence-electron chi connectivity index (χ0n) is 12.0. The monoisotopic (exact) mass is 284 g/mol. The van der Waals surface area contributed by atoms with Gasteiger partial charge in [0, 0.05) is 19.0 Å². The summed E-state index contributed by atoms with van der Waals surface area (Å²) in [5.41, 5.74) is 0.0802. The Labute approximate surface area is 117 Å². The van der Waals surface area contributed by atoms with Crippen LogP contribution in [0.4, 0.5) is 0 Å². The van der Waals surface area contributed by atoms with Gasteiger partial charge in [-0.15, -0.1) is 11.3 Å². The van der Waals surface area contributed by atoms with Gasteiger partial charge in [-0.05, 0) is 27.7 Å². The highest BCUT2D eigenvalue weighted by atomic mass is 32.1. The van der Waals surface area contributed by atoms with E-state index in [2.05, 4.69) is 10.3 Å². The second kappa shape index (κ2) is 6.25. The van der Waals surface area contributed by atoms with Crippen molar-refractivity contribution in [2.45, 2.75) is 46.7 Å². The summed E-state index contributed by atoms with van der Waals surface area (Å²) in [6.45, 7) is 10.1. The normalized spacial score (nSPS) is 11.4. The summed E-state index contributed by atoms with van der Waals surface area (Å²) >= 11 is 1.24. The molecule has 0 saturated heterocycles. The Balaban J connectivity index is 2.94. The maximum Gasteiger partial charge on any atom is 0.358 e. The maximum atomic E-state index is 11.7. The van der Waals surface area contributed by atoms with Crippen LogP contribution in [0.3, 0.4) is 0 Å². The summed E-state index contributed by atoms with van der Waals surface area (Å²) in [5, 5.41) is 3.98. The van der Waals surface area contributed by atoms with Gasteiger partial charge >= 0.3 is 5.97 Å². The van der Waals surface area contributed by atoms with Gasteiger partial charge in [0.05, 0.1) is 6.61 Å². The van der Waals surface area contributed by atoms with Gasteiger partial charge in [0.1, 0.15) is 9.88 Å². The van der Waals surface area contributed by atoms with Gasteiger partial charge < -0.3 is 10.1 Å². The van der Waals surface area contributed by atoms with Gasteiger partial charge in [0.2, 0.25) is 0 Å². The maximum absolute atomic E-state index is 11.7. The number of thiazole rings is 1. The van der Waals surface area contributed by atoms with Crippen molar-refractivity contribution in [3.63, 3.8) is 0 Å². The van der Waals surface area contributed by atoms with Gasteiger partial charge in [-0.1, -0.05) is 0 Å². The number of ketones is 1. The first kappa shape index (κ1) is 15.8. The van der Waals surface area contributed by atoms with E-state index >= 15 is 0 Å². The summed E-state index contributed by atoms with van der Waals surface area (Å²) in [7, 11) is 0. The lowest BCUT2D eigenvalue weighted by Gasteiger charge is -2.19. The number of carbonyl (C=O) groups excluding carboxylic acids is 2. The fraction of sp³-hybridized carbons (Fsp3) is 0.615. The van der Waals surface area contributed by atoms with Crippen LogP contribution in [0.1, 0.15) is 59.8 Å². The van der Waals surface area contributed by atoms with Crippen molar-refractivity contribution in [1.82, 2.24) is 10.3 Å². The molecule has 0 unspecified atom stereocenters. The van der Waals surface area contributed by atoms with E-state index in [4.69, 9.17) is 4.74 Å². The third kappa shape index (κ3) is 4.72. The number of esters is 1. The van der Waals surface area contributed by atoms with Crippen molar-refractivity contribution in [2.24, 2.45) is 0 Å². The standard InChI is InChI=1S/C13H20N2O3S/c1-6-18-12(17)10-11(8(2)16)19-9(15-10)7-14-13(3,4)5/h14H,6-7H2,1-5H3. The molecule has 0 aliphatic rings. The average molecular weight is 284 g/mol. The van der Waals surface area contributed by atoms with E-state index in [0.29, 0.717) is 16.4 Å². The van der Waals surface area contributed by atoms with E-state index in [-0.39, 0.29) is 23.6 Å². The molecule has 0 radical (unpaired) electrons. The molecule has 0 saturated carbocycles. The van der Waals surface area contributed by atoms with Crippen LogP contribution in [0, 0.1) is 0 Å². The number of hydrogen-bond acceptors (Lipinski definition) is 6. The van der Waals surface area contributed by atoms with E-state index in [1.54, 1.807) is 6.92 Å². The summed E-state index contributed by atoms with van der Waals surface area (Å²) in [6, 6.07) is 0. The second-order valence-electron chi connectivity index (χ2n) is 5.17. The number of nitrogens with one attached hydrogen (secondary N) is 1. The topological polar surface area (TPSA) is 68.3 Å². The smallest absolute Gasteiger partial charge is 0.358 e. The molecular formula is C13H20N2O3S. The fourth-order valence-electron chi connectivity index (χ4n) is 1.36. The predicted octanol–water partition coefficient (Wildman–Crippen LogP) is 2.41. The van der Waals surface area contributed by atoms with Crippen molar-refractivity contribution < 1.29 is 14.3 Å². The summed E-state index contributed by atoms with van der Waals surface area (Å²) in [6.07, 6.45) is 0. The molecule has 1 rings (SSSR count). The van der Waals surface area contributed by atoms with Crippen LogP contribution < -0.4 is 5.32 Å². The molecule has 1 N–H and O–H groups in total. The first-order valence-electron chi connectivity index (χ1n) is 6.17. The van der Waals surface area contributed by atoms with Crippen LogP contribution in [-0.4, -0.2) is 28.9 Å². The largest absolute Gasteiger partial charge is 0.461 e. The van der Waals surface area contributed by atoms with Gasteiger partial charge in [-0.2, -0.15) is 0 Å². The highest BCUT2D eigenvalue weighted by Crippen LogP contribution is 2.21. The van der Waals surface area contributed by atoms with Crippen LogP contribution >= 0.6 is 11.3 Å². The number of aromatic nitrogens is 1. The van der Waals surface area contributed by atoms with Crippen molar-refractivity contribution >= 4 is 23.1 Å². The molecule has 1 aromatic heterocycles. The average Bonchev–Trinajstić information content (AvgIpc) is 2.70. The van der Waals surface area contributed by atoms with Crippen LogP contribution in [0.15, 0.2) is 0 Å². The minimum absolute atomic E-state index is 0.0495. The molecule has 19 heavy (non-hydrogen) atoms. The van der Waals surface area contributed by atoms with Crippen molar-refractivity contribution in [3.8, 4) is 0 Å². The zero-order chi connectivity index (χ0) is 14.6. The van der Waals surface area contributed by atoms with Gasteiger partial charge in [-0.3, -0.25) is 4.79 Å². The van der Waals surface area contributed by atoms with E-state index in [9.17, 15) is 9.59 Å². The minimum atomic E-state index is -0.536. The molecule has 0 atom stereocenters. The van der Waals surface area contributed by atoms with E-state index in [1.165, 1.54) is 18.3 Å². The summed E-state index contributed by atoms with van der Waals surface area (Å²) in [4.78, 5) is 27.8. The SMILES string of the molecule is CCOC(=O)c1nc(CNC(C)(C)C)sc1C(C)=O. The Kier molecular flexibility index (Phi) is 5.20. The van der Waals surface area contributed by atoms with Crippen molar-refractivity contribution in [1.29, 1.82) is 0 Å². The molecule has 0 aromatic carbocycles. The highest BCUT2D eigenvalue weighted by Gasteiger charge is 2.22. The number of ether oxygens (including phenoxy) is 1. The molecule has 106 valence electrons. The fourth-order valence-corrected chi connectivity index (χ4v) is 2.24. The van der Waals surface area contributed by atoms with Crippen LogP contribution in [0.25, 0.3) is 0 Å². The Morgan fingerprint density at radius 3 is 2.47 bits per heavy atom. The van der Waals surface area contributed by atoms with Gasteiger partial charge in [0.25, 0.3) is 0 Å². The Bertz CT molecular complexity index is 475. The van der Waals surface area contributed by atoms with Gasteiger partial charge in [-0.25, -0.2) is 9.78 Å². The first-order valence-corrected chi connectivity index (χ1v) is 6.99. The number of rotatable bonds is 5. The summed E-state index contributed by atoms with van der Waals surface area (Å²) < 4.78 is 4.91. The molecule has 1 aromatic rings. The van der Waals surface area contributed by atoms with Crippen LogP contribution in [0.5, 0.6) is 0 Å². The van der Waals surface area contributed by atoms with Crippen LogP contribution in [0.2, 0.25) is 0 Å². The Hall–Kier alpha value is -1.27. The molecule has 0 aliphatic carbocycles. The zero-order valence-corrected chi connectivity index (χ0v) is 12.8. The molecular weight excluding hydrogens is 264 g/mol. The second-order valence-corrected chi connectivity index (χ2v) is 6.25. The number of carbonyl (C=O) groups is 2. The molecule has 0 spiro atoms. The van der Waals surface area contributed by atoms with Gasteiger partial charge in [0.15, 0.2) is 11.5 Å². The van der Waals surface area contributed by atoms with E-state index in [0.717, 1.165) is 0 Å². The molecule has 0 bridgehead atoms. The number of hydrogen-bond donors (Lipinski definition) is 1. The van der Waals surface area contributed by atoms with Crippen molar-refractivity contribution in [2.75, 3.05) is 6.61 Å². The molecule has 6 heteroatoms. The van der Waals surface area contributed by atoms with Crippen LogP contribution in [-0.2, 0) is 11.3 Å². The number of Topliss-reactive ketones (excluding diaryl/α,β-unsaturated/α-hetero) is 1. The van der Waals surface area contributed by atoms with E-state index in [1.807, 2.05) is 20.8 Å². The lowest BCUT2D eigenvalue weighted by Crippen LogP contribution is -2.35. The molecule has 1 heterocycles. The molecule has 0 amide bonds. The van der Waals surface area contributed by atoms with Crippen molar-refractivity contribution in [3.05, 3.63) is 15.6 Å². The highest BCUT2D eigenvalue weighted by molar-refractivity contribution is 7.14. The minimum Gasteiger partial charge on any atom is -0.461 e.